The molecule has 0 aliphatic carbocycles. The van der Waals surface area contributed by atoms with E-state index >= 15 is 0 Å². The monoisotopic (exact) mass is 263 g/mol. The van der Waals surface area contributed by atoms with Crippen LogP contribution in [0.5, 0.6) is 11.5 Å². The summed E-state index contributed by atoms with van der Waals surface area (Å²) in [6.07, 6.45) is 1.77. The molecular weight excluding hydrogens is 250 g/mol. The molecule has 1 aliphatic rings. The van der Waals surface area contributed by atoms with E-state index in [2.05, 4.69) is 5.32 Å². The molecule has 100 valence electrons. The molecule has 0 aromatic heterocycles. The Balaban J connectivity index is 2.02. The summed E-state index contributed by atoms with van der Waals surface area (Å²) in [4.78, 5) is 21.7. The maximum Gasteiger partial charge on any atom is 0.328 e. The number of hydrogen-bond donors (Lipinski definition) is 2. The Morgan fingerprint density at radius 1 is 1.32 bits per heavy atom. The van der Waals surface area contributed by atoms with Crippen molar-refractivity contribution in [1.29, 1.82) is 0 Å². The molecule has 6 heteroatoms. The number of amides is 1. The molecule has 1 unspecified atom stereocenters. The van der Waals surface area contributed by atoms with Crippen molar-refractivity contribution >= 4 is 11.9 Å². The van der Waals surface area contributed by atoms with E-state index in [1.54, 1.807) is 19.1 Å². The summed E-state index contributed by atoms with van der Waals surface area (Å²) in [5.74, 6) is -0.314. The fourth-order valence-electron chi connectivity index (χ4n) is 1.67. The minimum Gasteiger partial charge on any atom is -0.478 e. The Labute approximate surface area is 109 Å². The summed E-state index contributed by atoms with van der Waals surface area (Å²) < 4.78 is 10.4. The van der Waals surface area contributed by atoms with Crippen molar-refractivity contribution in [3.8, 4) is 11.5 Å². The third-order valence-corrected chi connectivity index (χ3v) is 2.63. The van der Waals surface area contributed by atoms with Crippen molar-refractivity contribution in [2.75, 3.05) is 6.79 Å². The van der Waals surface area contributed by atoms with Crippen molar-refractivity contribution in [3.05, 3.63) is 35.9 Å². The molecule has 0 radical (unpaired) electrons. The van der Waals surface area contributed by atoms with Crippen molar-refractivity contribution in [2.45, 2.75) is 13.0 Å². The van der Waals surface area contributed by atoms with Crippen molar-refractivity contribution in [3.63, 3.8) is 0 Å². The summed E-state index contributed by atoms with van der Waals surface area (Å²) in [5, 5.41) is 11.1. The highest BCUT2D eigenvalue weighted by molar-refractivity contribution is 5.94. The molecule has 0 bridgehead atoms. The first-order valence-corrected chi connectivity index (χ1v) is 5.67. The van der Waals surface area contributed by atoms with Crippen LogP contribution in [0.25, 0.3) is 0 Å². The van der Waals surface area contributed by atoms with Crippen LogP contribution in [0.1, 0.15) is 18.5 Å². The second-order valence-electron chi connectivity index (χ2n) is 4.01. The Hall–Kier alpha value is -2.50. The molecule has 0 saturated heterocycles. The van der Waals surface area contributed by atoms with Crippen LogP contribution in [0, 0.1) is 0 Å². The zero-order valence-corrected chi connectivity index (χ0v) is 10.3. The van der Waals surface area contributed by atoms with Gasteiger partial charge in [0.2, 0.25) is 12.7 Å². The standard InChI is InChI=1S/C13H13NO5/c1-8(14-12(15)4-5-13(16)17)9-2-3-10-11(6-9)19-7-18-10/h2-6,8H,7H2,1H3,(H,14,15)(H,16,17)/b5-4-. The van der Waals surface area contributed by atoms with Crippen LogP contribution in [-0.2, 0) is 9.59 Å². The van der Waals surface area contributed by atoms with Gasteiger partial charge in [-0.1, -0.05) is 6.07 Å². The van der Waals surface area contributed by atoms with Crippen LogP contribution in [0.15, 0.2) is 30.4 Å². The molecule has 1 atom stereocenters. The second-order valence-corrected chi connectivity index (χ2v) is 4.01. The van der Waals surface area contributed by atoms with Crippen LogP contribution < -0.4 is 14.8 Å². The SMILES string of the molecule is CC(NC(=O)/C=C\C(=O)O)c1ccc2c(c1)OCO2. The van der Waals surface area contributed by atoms with Gasteiger partial charge in [-0.15, -0.1) is 0 Å². The van der Waals surface area contributed by atoms with Gasteiger partial charge in [-0.2, -0.15) is 0 Å². The molecule has 0 spiro atoms. The molecule has 2 N–H and O–H groups in total. The quantitative estimate of drug-likeness (QED) is 0.798. The molecule has 1 aromatic rings. The first-order chi connectivity index (χ1) is 9.06. The van der Waals surface area contributed by atoms with Crippen molar-refractivity contribution in [2.24, 2.45) is 0 Å². The number of benzene rings is 1. The van der Waals surface area contributed by atoms with Crippen LogP contribution in [0.2, 0.25) is 0 Å². The second kappa shape index (κ2) is 5.43. The normalized spacial score (nSPS) is 14.4. The lowest BCUT2D eigenvalue weighted by molar-refractivity contribution is -0.131. The number of carbonyl (C=O) groups excluding carboxylic acids is 1. The van der Waals surface area contributed by atoms with Gasteiger partial charge in [0, 0.05) is 12.2 Å². The lowest BCUT2D eigenvalue weighted by Gasteiger charge is -2.13. The maximum absolute atomic E-state index is 11.4. The number of carboxylic acids is 1. The van der Waals surface area contributed by atoms with Crippen LogP contribution in [0.3, 0.4) is 0 Å². The predicted octanol–water partition coefficient (Wildman–Crippen LogP) is 1.23. The molecule has 1 heterocycles. The molecule has 6 nitrogen and oxygen atoms in total. The molecule has 2 rings (SSSR count). The van der Waals surface area contributed by atoms with Crippen molar-refractivity contribution in [1.82, 2.24) is 5.32 Å². The Kier molecular flexibility index (Phi) is 3.70. The summed E-state index contributed by atoms with van der Waals surface area (Å²) in [6, 6.07) is 5.11. The van der Waals surface area contributed by atoms with Gasteiger partial charge < -0.3 is 19.9 Å². The van der Waals surface area contributed by atoms with Crippen LogP contribution in [-0.4, -0.2) is 23.8 Å². The summed E-state index contributed by atoms with van der Waals surface area (Å²) in [7, 11) is 0. The number of ether oxygens (including phenoxy) is 2. The third kappa shape index (κ3) is 3.25. The van der Waals surface area contributed by atoms with Crippen LogP contribution in [0.4, 0.5) is 0 Å². The van der Waals surface area contributed by atoms with E-state index < -0.39 is 11.9 Å². The van der Waals surface area contributed by atoms with E-state index in [4.69, 9.17) is 14.6 Å². The molecule has 1 aliphatic heterocycles. The van der Waals surface area contributed by atoms with Gasteiger partial charge in [0.25, 0.3) is 0 Å². The van der Waals surface area contributed by atoms with Gasteiger partial charge in [-0.3, -0.25) is 4.79 Å². The van der Waals surface area contributed by atoms with Gasteiger partial charge in [0.05, 0.1) is 6.04 Å². The minimum absolute atomic E-state index is 0.195. The first-order valence-electron chi connectivity index (χ1n) is 5.67. The fourth-order valence-corrected chi connectivity index (χ4v) is 1.67. The third-order valence-electron chi connectivity index (χ3n) is 2.63. The zero-order chi connectivity index (χ0) is 13.8. The van der Waals surface area contributed by atoms with Gasteiger partial charge in [0.1, 0.15) is 0 Å². The molecule has 0 saturated carbocycles. The van der Waals surface area contributed by atoms with E-state index in [0.717, 1.165) is 17.7 Å². The molecule has 19 heavy (non-hydrogen) atoms. The van der Waals surface area contributed by atoms with E-state index in [1.165, 1.54) is 0 Å². The van der Waals surface area contributed by atoms with Gasteiger partial charge >= 0.3 is 5.97 Å². The number of rotatable bonds is 4. The zero-order valence-electron chi connectivity index (χ0n) is 10.3. The Morgan fingerprint density at radius 3 is 2.79 bits per heavy atom. The number of nitrogens with one attached hydrogen (secondary N) is 1. The predicted molar refractivity (Wildman–Crippen MR) is 65.9 cm³/mol. The first kappa shape index (κ1) is 12.9. The number of fused-ring (bicyclic) bond motifs is 1. The lowest BCUT2D eigenvalue weighted by Crippen LogP contribution is -2.24. The van der Waals surface area contributed by atoms with E-state index in [1.807, 2.05) is 6.07 Å². The Morgan fingerprint density at radius 2 is 2.05 bits per heavy atom. The highest BCUT2D eigenvalue weighted by Crippen LogP contribution is 2.34. The topological polar surface area (TPSA) is 84.9 Å². The number of hydrogen-bond acceptors (Lipinski definition) is 4. The van der Waals surface area contributed by atoms with E-state index in [9.17, 15) is 9.59 Å². The molecule has 0 fully saturated rings. The highest BCUT2D eigenvalue weighted by Gasteiger charge is 2.16. The molecule has 1 aromatic carbocycles. The van der Waals surface area contributed by atoms with Gasteiger partial charge in [-0.05, 0) is 24.6 Å². The minimum atomic E-state index is -1.16. The summed E-state index contributed by atoms with van der Waals surface area (Å²) in [5.41, 5.74) is 0.848. The number of aliphatic carboxylic acids is 1. The lowest BCUT2D eigenvalue weighted by atomic mass is 10.1. The van der Waals surface area contributed by atoms with Crippen molar-refractivity contribution < 1.29 is 24.2 Å². The van der Waals surface area contributed by atoms with Gasteiger partial charge in [-0.25, -0.2) is 4.79 Å². The fraction of sp³-hybridized carbons (Fsp3) is 0.231. The summed E-state index contributed by atoms with van der Waals surface area (Å²) >= 11 is 0. The van der Waals surface area contributed by atoms with Gasteiger partial charge in [0.15, 0.2) is 11.5 Å². The molecule has 1 amide bonds. The average Bonchev–Trinajstić information content (AvgIpc) is 2.83. The highest BCUT2D eigenvalue weighted by atomic mass is 16.7. The Bertz CT molecular complexity index is 538. The van der Waals surface area contributed by atoms with E-state index in [-0.39, 0.29) is 12.8 Å². The average molecular weight is 263 g/mol. The largest absolute Gasteiger partial charge is 0.478 e. The maximum atomic E-state index is 11.4. The van der Waals surface area contributed by atoms with Crippen LogP contribution >= 0.6 is 0 Å². The summed E-state index contributed by atoms with van der Waals surface area (Å²) in [6.45, 7) is 1.99. The number of carboxylic acid groups (broad SMARTS) is 1. The number of carbonyl (C=O) groups is 2. The molecular formula is C13H13NO5. The smallest absolute Gasteiger partial charge is 0.328 e. The van der Waals surface area contributed by atoms with E-state index in [0.29, 0.717) is 11.5 Å².